The smallest absolute Gasteiger partial charge is 0.200 e. The van der Waals surface area contributed by atoms with Crippen LogP contribution in [-0.4, -0.2) is 53.3 Å². The van der Waals surface area contributed by atoms with Gasteiger partial charge in [0.25, 0.3) is 0 Å². The predicted octanol–water partition coefficient (Wildman–Crippen LogP) is 6.02. The van der Waals surface area contributed by atoms with E-state index in [4.69, 9.17) is 9.47 Å². The summed E-state index contributed by atoms with van der Waals surface area (Å²) in [6.07, 6.45) is 11.7. The zero-order chi connectivity index (χ0) is 30.8. The molecule has 0 bridgehead atoms. The van der Waals surface area contributed by atoms with Crippen molar-refractivity contribution in [1.82, 2.24) is 10.3 Å². The summed E-state index contributed by atoms with van der Waals surface area (Å²) < 4.78 is 12.4. The Bertz CT molecular complexity index is 1410. The highest BCUT2D eigenvalue weighted by Crippen LogP contribution is 2.50. The van der Waals surface area contributed by atoms with E-state index < -0.39 is 12.2 Å². The molecule has 3 fully saturated rings. The molecule has 0 radical (unpaired) electrons. The van der Waals surface area contributed by atoms with Gasteiger partial charge in [-0.05, 0) is 105 Å². The average Bonchev–Trinajstić information content (AvgIpc) is 3.55. The molecule has 7 atom stereocenters. The number of fused-ring (bicyclic) bond motifs is 1. The van der Waals surface area contributed by atoms with Gasteiger partial charge in [-0.15, -0.1) is 0 Å². The molecule has 44 heavy (non-hydrogen) atoms. The molecule has 238 valence electrons. The molecule has 3 aliphatic rings. The highest BCUT2D eigenvalue weighted by molar-refractivity contribution is 5.59. The van der Waals surface area contributed by atoms with Gasteiger partial charge in [0, 0.05) is 17.9 Å². The van der Waals surface area contributed by atoms with Gasteiger partial charge < -0.3 is 40.2 Å². The minimum atomic E-state index is -0.540. The highest BCUT2D eigenvalue weighted by Gasteiger charge is 2.43. The van der Waals surface area contributed by atoms with E-state index in [1.807, 2.05) is 19.2 Å². The van der Waals surface area contributed by atoms with Crippen LogP contribution < -0.4 is 15.0 Å². The summed E-state index contributed by atoms with van der Waals surface area (Å²) in [6, 6.07) is 9.66. The second-order valence-electron chi connectivity index (χ2n) is 13.3. The topological polar surface area (TPSA) is 126 Å². The zero-order valence-electron chi connectivity index (χ0n) is 25.9. The Morgan fingerprint density at radius 2 is 1.82 bits per heavy atom. The van der Waals surface area contributed by atoms with Crippen molar-refractivity contribution in [2.24, 2.45) is 11.8 Å². The molecule has 2 saturated carbocycles. The fourth-order valence-corrected chi connectivity index (χ4v) is 8.26. The summed E-state index contributed by atoms with van der Waals surface area (Å²) in [4.78, 5) is 4.17. The molecule has 7 unspecified atom stereocenters. The van der Waals surface area contributed by atoms with Crippen LogP contribution >= 0.6 is 0 Å². The fraction of sp³-hybridized carbons (Fsp3) is 0.556. The molecule has 0 amide bonds. The monoisotopic (exact) mass is 603 g/mol. The minimum absolute atomic E-state index is 0.0423. The molecule has 1 aliphatic heterocycles. The van der Waals surface area contributed by atoms with Crippen LogP contribution in [0.3, 0.4) is 0 Å². The number of hydrogen-bond acceptors (Lipinski definition) is 7. The van der Waals surface area contributed by atoms with Crippen molar-refractivity contribution in [1.29, 1.82) is 0 Å². The normalized spacial score (nSPS) is 28.8. The van der Waals surface area contributed by atoms with Crippen LogP contribution in [0.15, 0.2) is 42.7 Å². The Morgan fingerprint density at radius 3 is 2.59 bits per heavy atom. The molecule has 2 aromatic carbocycles. The van der Waals surface area contributed by atoms with Crippen molar-refractivity contribution < 1.29 is 29.9 Å². The standard InChI is InChI=1S/C36H47N2O6/c1-37-12-10-21-4-3-5-25(14-21)27-16-23(7-9-30(27)39)24-6-8-26-31(40)19-34(44-33(26)17-24)28-18-32(41)35(42)36(43-2)29(28)15-22-11-13-38-20-22/h7,9,11,13,16,18,20-21,24-26,31,33-34,37,39-42H,3-6,8,10,12,14-15,17,19H2,1-2H3/q-1. The van der Waals surface area contributed by atoms with Crippen LogP contribution in [0.2, 0.25) is 0 Å². The first-order chi connectivity index (χ1) is 21.4. The van der Waals surface area contributed by atoms with Crippen LogP contribution in [0.4, 0.5) is 0 Å². The van der Waals surface area contributed by atoms with Crippen molar-refractivity contribution in [3.63, 3.8) is 0 Å². The first-order valence-electron chi connectivity index (χ1n) is 16.3. The van der Waals surface area contributed by atoms with Gasteiger partial charge in [-0.25, -0.2) is 0 Å². The molecule has 2 heterocycles. The molecule has 5 N–H and O–H groups in total. The second-order valence-corrected chi connectivity index (χ2v) is 13.3. The number of aromatic nitrogens is 1. The molecule has 1 aromatic heterocycles. The van der Waals surface area contributed by atoms with Crippen molar-refractivity contribution in [2.75, 3.05) is 20.7 Å². The molecular formula is C36H47N2O6-. The van der Waals surface area contributed by atoms with Crippen LogP contribution in [0.5, 0.6) is 23.0 Å². The maximum Gasteiger partial charge on any atom is 0.200 e. The summed E-state index contributed by atoms with van der Waals surface area (Å²) in [5.41, 5.74) is 4.72. The number of aromatic hydroxyl groups is 3. The fourth-order valence-electron chi connectivity index (χ4n) is 8.26. The number of aliphatic hydroxyl groups is 1. The number of benzene rings is 2. The predicted molar refractivity (Wildman–Crippen MR) is 169 cm³/mol. The molecular weight excluding hydrogens is 556 g/mol. The maximum absolute atomic E-state index is 11.4. The third kappa shape index (κ3) is 6.30. The van der Waals surface area contributed by atoms with Gasteiger partial charge in [-0.2, -0.15) is 12.4 Å². The van der Waals surface area contributed by atoms with Crippen LogP contribution in [0.1, 0.15) is 104 Å². The molecule has 0 spiro atoms. The summed E-state index contributed by atoms with van der Waals surface area (Å²) in [6.45, 7) is 1.03. The van der Waals surface area contributed by atoms with Crippen LogP contribution in [0, 0.1) is 11.8 Å². The number of nitrogens with zero attached hydrogens (tertiary/aromatic N) is 1. The van der Waals surface area contributed by atoms with Gasteiger partial charge in [-0.1, -0.05) is 36.6 Å². The first kappa shape index (κ1) is 30.8. The van der Waals surface area contributed by atoms with Crippen LogP contribution in [-0.2, 0) is 11.2 Å². The quantitative estimate of drug-likeness (QED) is 0.188. The number of phenolic OH excluding ortho intramolecular Hbond substituents is 3. The van der Waals surface area contributed by atoms with Crippen molar-refractivity contribution in [2.45, 2.75) is 94.4 Å². The summed E-state index contributed by atoms with van der Waals surface area (Å²) in [5, 5.41) is 46.8. The Balaban J connectivity index is 1.23. The van der Waals surface area contributed by atoms with Crippen molar-refractivity contribution in [3.05, 3.63) is 70.5 Å². The van der Waals surface area contributed by atoms with E-state index in [0.29, 0.717) is 30.4 Å². The molecule has 8 nitrogen and oxygen atoms in total. The number of ether oxygens (including phenoxy) is 2. The van der Waals surface area contributed by atoms with E-state index in [9.17, 15) is 20.4 Å². The van der Waals surface area contributed by atoms with Crippen molar-refractivity contribution in [3.8, 4) is 23.0 Å². The van der Waals surface area contributed by atoms with E-state index in [1.165, 1.54) is 31.9 Å². The van der Waals surface area contributed by atoms with Crippen molar-refractivity contribution >= 4 is 0 Å². The third-order valence-electron chi connectivity index (χ3n) is 10.6. The SMILES string of the molecule is CNCCC1CCCC(c2cc(C3CCC4C(O)CC(c5cc(O)c(O)c(OC)c5Cc5cc[n-]c5)OC4C3)ccc2O)C1. The lowest BCUT2D eigenvalue weighted by Gasteiger charge is -2.45. The van der Waals surface area contributed by atoms with E-state index >= 15 is 0 Å². The third-order valence-corrected chi connectivity index (χ3v) is 10.6. The van der Waals surface area contributed by atoms with Gasteiger partial charge in [-0.3, -0.25) is 0 Å². The second kappa shape index (κ2) is 13.4. The number of nitrogens with one attached hydrogen (secondary N) is 1. The Kier molecular flexibility index (Phi) is 9.40. The van der Waals surface area contributed by atoms with Crippen LogP contribution in [0.25, 0.3) is 0 Å². The lowest BCUT2D eigenvalue weighted by molar-refractivity contribution is -0.154. The molecule has 2 aliphatic carbocycles. The first-order valence-corrected chi connectivity index (χ1v) is 16.3. The number of rotatable bonds is 9. The van der Waals surface area contributed by atoms with Gasteiger partial charge in [0.1, 0.15) is 5.75 Å². The van der Waals surface area contributed by atoms with Gasteiger partial charge >= 0.3 is 0 Å². The maximum atomic E-state index is 11.4. The van der Waals surface area contributed by atoms with Gasteiger partial charge in [0.15, 0.2) is 11.5 Å². The van der Waals surface area contributed by atoms with Gasteiger partial charge in [0.2, 0.25) is 5.75 Å². The number of aliphatic hydroxyl groups excluding tert-OH is 1. The minimum Gasteiger partial charge on any atom is -0.670 e. The Hall–Kier alpha value is -3.20. The Labute approximate surface area is 260 Å². The van der Waals surface area contributed by atoms with E-state index in [0.717, 1.165) is 60.9 Å². The highest BCUT2D eigenvalue weighted by atomic mass is 16.5. The summed E-state index contributed by atoms with van der Waals surface area (Å²) >= 11 is 0. The molecule has 6 rings (SSSR count). The number of methoxy groups -OCH3 is 1. The van der Waals surface area contributed by atoms with E-state index in [1.54, 1.807) is 18.5 Å². The summed E-state index contributed by atoms with van der Waals surface area (Å²) in [7, 11) is 3.49. The Morgan fingerprint density at radius 1 is 0.955 bits per heavy atom. The average molecular weight is 604 g/mol. The molecule has 3 aromatic rings. The largest absolute Gasteiger partial charge is 0.670 e. The van der Waals surface area contributed by atoms with E-state index in [-0.39, 0.29) is 35.2 Å². The number of phenols is 3. The lowest BCUT2D eigenvalue weighted by atomic mass is 9.71. The molecule has 8 heteroatoms. The lowest BCUT2D eigenvalue weighted by Crippen LogP contribution is -2.44. The van der Waals surface area contributed by atoms with E-state index in [2.05, 4.69) is 22.4 Å². The summed E-state index contributed by atoms with van der Waals surface area (Å²) in [5.74, 6) is 1.43. The number of hydrogen-bond donors (Lipinski definition) is 5. The zero-order valence-corrected chi connectivity index (χ0v) is 25.9. The van der Waals surface area contributed by atoms with Gasteiger partial charge in [0.05, 0.1) is 25.4 Å². The molecule has 1 saturated heterocycles.